The van der Waals surface area contributed by atoms with E-state index in [1.54, 1.807) is 72.8 Å². The van der Waals surface area contributed by atoms with Crippen LogP contribution in [-0.4, -0.2) is 0 Å². The summed E-state index contributed by atoms with van der Waals surface area (Å²) in [6.45, 7) is 6.18. The van der Waals surface area contributed by atoms with Crippen molar-refractivity contribution in [3.05, 3.63) is 196 Å². The fraction of sp³-hybridized carbons (Fsp3) is 0.0588. The molecule has 0 heterocycles. The molecule has 0 saturated heterocycles. The third-order valence-corrected chi connectivity index (χ3v) is 10.3. The van der Waals surface area contributed by atoms with Crippen molar-refractivity contribution in [2.24, 2.45) is 0 Å². The van der Waals surface area contributed by atoms with Crippen molar-refractivity contribution in [3.8, 4) is 36.4 Å². The van der Waals surface area contributed by atoms with E-state index in [0.717, 1.165) is 67.9 Å². The molecule has 0 atom stereocenters. The van der Waals surface area contributed by atoms with E-state index in [4.69, 9.17) is 0 Å². The first kappa shape index (κ1) is 39.1. The highest BCUT2D eigenvalue weighted by Crippen LogP contribution is 2.53. The summed E-state index contributed by atoms with van der Waals surface area (Å²) >= 11 is 0. The summed E-state index contributed by atoms with van der Waals surface area (Å²) < 4.78 is 0. The minimum atomic E-state index is 0.498. The number of anilines is 9. The van der Waals surface area contributed by atoms with E-state index in [1.165, 1.54) is 0 Å². The Morgan fingerprint density at radius 1 is 0.250 bits per heavy atom. The van der Waals surface area contributed by atoms with Gasteiger partial charge in [0.05, 0.1) is 86.9 Å². The molecule has 0 unspecified atom stereocenters. The van der Waals surface area contributed by atoms with E-state index < -0.39 is 0 Å². The van der Waals surface area contributed by atoms with Gasteiger partial charge in [0.15, 0.2) is 0 Å². The van der Waals surface area contributed by atoms with Gasteiger partial charge in [-0.05, 0) is 183 Å². The van der Waals surface area contributed by atoms with Gasteiger partial charge in [-0.1, -0.05) is 0 Å². The second kappa shape index (κ2) is 16.9. The first-order valence-corrected chi connectivity index (χ1v) is 18.8. The maximum atomic E-state index is 9.76. The number of hydrogen-bond acceptors (Lipinski definition) is 9. The molecule has 0 aromatic heterocycles. The molecule has 282 valence electrons. The highest BCUT2D eigenvalue weighted by molar-refractivity contribution is 5.97. The lowest BCUT2D eigenvalue weighted by molar-refractivity contribution is 1.13. The highest BCUT2D eigenvalue weighted by Gasteiger charge is 2.31. The average Bonchev–Trinajstić information content (AvgIpc) is 3.31. The number of hydrogen-bond donors (Lipinski definition) is 0. The number of benzene rings is 7. The van der Waals surface area contributed by atoms with Crippen LogP contribution in [0.3, 0.4) is 0 Å². The van der Waals surface area contributed by atoms with Crippen LogP contribution in [0.5, 0.6) is 0 Å². The number of rotatable bonds is 9. The molecule has 0 saturated carbocycles. The topological polar surface area (TPSA) is 152 Å². The predicted octanol–water partition coefficient (Wildman–Crippen LogP) is 12.3. The van der Waals surface area contributed by atoms with Gasteiger partial charge in [-0.3, -0.25) is 0 Å². The van der Waals surface area contributed by atoms with Crippen molar-refractivity contribution in [1.29, 1.82) is 31.6 Å². The van der Waals surface area contributed by atoms with Gasteiger partial charge in [-0.2, -0.15) is 31.6 Å². The average molecular weight is 772 g/mol. The summed E-state index contributed by atoms with van der Waals surface area (Å²) in [6.07, 6.45) is 0. The summed E-state index contributed by atoms with van der Waals surface area (Å²) in [5.41, 5.74) is 12.6. The van der Waals surface area contributed by atoms with E-state index in [1.807, 2.05) is 72.8 Å². The van der Waals surface area contributed by atoms with Gasteiger partial charge in [0.1, 0.15) is 0 Å². The molecule has 9 nitrogen and oxygen atoms in total. The highest BCUT2D eigenvalue weighted by atomic mass is 15.2. The molecule has 7 aromatic carbocycles. The first-order valence-electron chi connectivity index (χ1n) is 18.8. The van der Waals surface area contributed by atoms with Gasteiger partial charge < -0.3 is 14.7 Å². The minimum absolute atomic E-state index is 0.498. The molecule has 0 aliphatic rings. The summed E-state index contributed by atoms with van der Waals surface area (Å²) in [5, 5.41) is 58.6. The van der Waals surface area contributed by atoms with Crippen LogP contribution in [0.25, 0.3) is 0 Å². The van der Waals surface area contributed by atoms with Gasteiger partial charge >= 0.3 is 0 Å². The zero-order chi connectivity index (χ0) is 42.3. The smallest absolute Gasteiger partial charge is 0.0991 e. The summed E-state index contributed by atoms with van der Waals surface area (Å²) in [6, 6.07) is 57.3. The molecular formula is C51H33N9. The van der Waals surface area contributed by atoms with Gasteiger partial charge in [0, 0.05) is 34.1 Å². The molecule has 9 heteroatoms. The molecule has 0 N–H and O–H groups in total. The van der Waals surface area contributed by atoms with Crippen LogP contribution in [0.4, 0.5) is 51.2 Å². The van der Waals surface area contributed by atoms with Crippen LogP contribution in [0, 0.1) is 88.8 Å². The van der Waals surface area contributed by atoms with Crippen LogP contribution < -0.4 is 14.7 Å². The second-order valence-corrected chi connectivity index (χ2v) is 13.9. The summed E-state index contributed by atoms with van der Waals surface area (Å²) in [4.78, 5) is 6.35. The largest absolute Gasteiger partial charge is 0.310 e. The van der Waals surface area contributed by atoms with E-state index in [-0.39, 0.29) is 0 Å². The third kappa shape index (κ3) is 7.42. The Labute approximate surface area is 349 Å². The Bertz CT molecular complexity index is 2460. The number of nitrogens with zero attached hydrogens (tertiary/aromatic N) is 9. The fourth-order valence-corrected chi connectivity index (χ4v) is 7.52. The summed E-state index contributed by atoms with van der Waals surface area (Å²) in [7, 11) is 0. The standard InChI is InChI=1S/C51H33N9/c1-34-49(58(43-16-4-37(28-52)5-17-43)44-18-6-38(29-53)7-19-44)35(2)51(60(47-24-12-41(32-56)13-25-47)48-26-14-42(33-57)15-27-48)36(3)50(34)59(45-20-8-39(30-54)9-21-45)46-22-10-40(31-55)11-23-46/h4-27H,1-3H3. The van der Waals surface area contributed by atoms with Crippen molar-refractivity contribution < 1.29 is 0 Å². The molecule has 0 bridgehead atoms. The maximum absolute atomic E-state index is 9.76. The molecule has 60 heavy (non-hydrogen) atoms. The van der Waals surface area contributed by atoms with E-state index in [0.29, 0.717) is 33.4 Å². The normalized spacial score (nSPS) is 10.2. The Balaban J connectivity index is 1.66. The van der Waals surface area contributed by atoms with Gasteiger partial charge in [-0.25, -0.2) is 0 Å². The van der Waals surface area contributed by atoms with Crippen molar-refractivity contribution >= 4 is 51.2 Å². The molecule has 0 spiro atoms. The number of nitriles is 6. The molecular weight excluding hydrogens is 739 g/mol. The van der Waals surface area contributed by atoms with Crippen molar-refractivity contribution in [2.45, 2.75) is 20.8 Å². The second-order valence-electron chi connectivity index (χ2n) is 13.9. The van der Waals surface area contributed by atoms with Crippen molar-refractivity contribution in [3.63, 3.8) is 0 Å². The Morgan fingerprint density at radius 3 is 0.500 bits per heavy atom. The molecule has 0 fully saturated rings. The van der Waals surface area contributed by atoms with Crippen LogP contribution >= 0.6 is 0 Å². The zero-order valence-corrected chi connectivity index (χ0v) is 32.9. The lowest BCUT2D eigenvalue weighted by Crippen LogP contribution is -2.22. The van der Waals surface area contributed by atoms with Crippen LogP contribution in [0.2, 0.25) is 0 Å². The lowest BCUT2D eigenvalue weighted by atomic mass is 9.93. The van der Waals surface area contributed by atoms with Crippen LogP contribution in [0.1, 0.15) is 50.1 Å². The molecule has 7 rings (SSSR count). The van der Waals surface area contributed by atoms with Crippen LogP contribution in [0.15, 0.2) is 146 Å². The zero-order valence-electron chi connectivity index (χ0n) is 32.9. The van der Waals surface area contributed by atoms with Crippen molar-refractivity contribution in [1.82, 2.24) is 0 Å². The molecule has 7 aromatic rings. The molecule has 0 aliphatic carbocycles. The van der Waals surface area contributed by atoms with E-state index in [2.05, 4.69) is 71.9 Å². The first-order chi connectivity index (χ1) is 29.2. The molecule has 0 radical (unpaired) electrons. The van der Waals surface area contributed by atoms with Gasteiger partial charge in [0.2, 0.25) is 0 Å². The SMILES string of the molecule is Cc1c(N(c2ccc(C#N)cc2)c2ccc(C#N)cc2)c(C)c(N(c2ccc(C#N)cc2)c2ccc(C#N)cc2)c(C)c1N(c1ccc(C#N)cc1)c1ccc(C#N)cc1. The van der Waals surface area contributed by atoms with Crippen molar-refractivity contribution in [2.75, 3.05) is 14.7 Å². The van der Waals surface area contributed by atoms with E-state index >= 15 is 0 Å². The predicted molar refractivity (Wildman–Crippen MR) is 233 cm³/mol. The summed E-state index contributed by atoms with van der Waals surface area (Å²) in [5.74, 6) is 0. The maximum Gasteiger partial charge on any atom is 0.0991 e. The van der Waals surface area contributed by atoms with E-state index in [9.17, 15) is 31.6 Å². The lowest BCUT2D eigenvalue weighted by Gasteiger charge is -2.38. The van der Waals surface area contributed by atoms with Gasteiger partial charge in [0.25, 0.3) is 0 Å². The Hall–Kier alpha value is -9.12. The molecule has 0 aliphatic heterocycles. The molecule has 0 amide bonds. The monoisotopic (exact) mass is 771 g/mol. The quantitative estimate of drug-likeness (QED) is 0.139. The fourth-order valence-electron chi connectivity index (χ4n) is 7.52. The van der Waals surface area contributed by atoms with Gasteiger partial charge in [-0.15, -0.1) is 0 Å². The third-order valence-electron chi connectivity index (χ3n) is 10.3. The minimum Gasteiger partial charge on any atom is -0.310 e. The van der Waals surface area contributed by atoms with Crippen LogP contribution in [-0.2, 0) is 0 Å². The Morgan fingerprint density at radius 2 is 0.383 bits per heavy atom. The Kier molecular flexibility index (Phi) is 11.0.